The van der Waals surface area contributed by atoms with Crippen LogP contribution in [0.1, 0.15) is 51.4 Å². The van der Waals surface area contributed by atoms with Crippen molar-refractivity contribution in [2.45, 2.75) is 75.5 Å². The molecule has 0 aromatic heterocycles. The van der Waals surface area contributed by atoms with Crippen molar-refractivity contribution >= 4 is 6.03 Å². The maximum absolute atomic E-state index is 12.0. The lowest BCUT2D eigenvalue weighted by atomic mass is 9.91. The normalized spacial score (nSPS) is 34.5. The fourth-order valence-corrected chi connectivity index (χ4v) is 3.47. The van der Waals surface area contributed by atoms with Gasteiger partial charge in [-0.05, 0) is 65.5 Å². The maximum Gasteiger partial charge on any atom is 0.315 e. The molecule has 0 atom stereocenters. The van der Waals surface area contributed by atoms with Crippen molar-refractivity contribution < 1.29 is 4.79 Å². The largest absolute Gasteiger partial charge is 0.335 e. The lowest BCUT2D eigenvalue weighted by molar-refractivity contribution is 0.219. The van der Waals surface area contributed by atoms with Gasteiger partial charge in [0.1, 0.15) is 0 Å². The first-order valence-corrected chi connectivity index (χ1v) is 8.12. The van der Waals surface area contributed by atoms with Crippen molar-refractivity contribution in [1.82, 2.24) is 21.3 Å². The van der Waals surface area contributed by atoms with Gasteiger partial charge in [-0.3, -0.25) is 0 Å². The van der Waals surface area contributed by atoms with Crippen molar-refractivity contribution in [2.75, 3.05) is 14.1 Å². The quantitative estimate of drug-likeness (QED) is 0.629. The van der Waals surface area contributed by atoms with E-state index in [9.17, 15) is 4.79 Å². The number of carbonyl (C=O) groups excluding carboxylic acids is 1. The van der Waals surface area contributed by atoms with Crippen molar-refractivity contribution in [3.05, 3.63) is 0 Å². The molecule has 2 aliphatic rings. The van der Waals surface area contributed by atoms with Crippen molar-refractivity contribution in [1.29, 1.82) is 0 Å². The molecule has 0 aromatic rings. The van der Waals surface area contributed by atoms with E-state index < -0.39 is 0 Å². The van der Waals surface area contributed by atoms with E-state index in [0.717, 1.165) is 51.4 Å². The van der Waals surface area contributed by atoms with Crippen LogP contribution in [0.5, 0.6) is 0 Å². The van der Waals surface area contributed by atoms with E-state index in [1.807, 2.05) is 14.1 Å². The molecule has 0 aromatic carbocycles. The number of carbonyl (C=O) groups is 1. The van der Waals surface area contributed by atoms with Gasteiger partial charge in [0.15, 0.2) is 0 Å². The van der Waals surface area contributed by atoms with Crippen molar-refractivity contribution in [3.63, 3.8) is 0 Å². The average molecular weight is 282 g/mol. The fraction of sp³-hybridized carbons (Fsp3) is 0.933. The molecule has 0 saturated heterocycles. The van der Waals surface area contributed by atoms with Gasteiger partial charge in [0.2, 0.25) is 0 Å². The summed E-state index contributed by atoms with van der Waals surface area (Å²) in [5.74, 6) is 0. The van der Waals surface area contributed by atoms with Crippen LogP contribution in [-0.2, 0) is 0 Å². The first kappa shape index (κ1) is 15.6. The predicted molar refractivity (Wildman–Crippen MR) is 81.9 cm³/mol. The second-order valence-corrected chi connectivity index (χ2v) is 6.29. The first-order chi connectivity index (χ1) is 9.71. The van der Waals surface area contributed by atoms with Crippen LogP contribution in [0.25, 0.3) is 0 Å². The molecule has 0 aliphatic heterocycles. The highest BCUT2D eigenvalue weighted by Crippen LogP contribution is 2.20. The van der Waals surface area contributed by atoms with Crippen molar-refractivity contribution in [2.24, 2.45) is 0 Å². The first-order valence-electron chi connectivity index (χ1n) is 8.12. The van der Waals surface area contributed by atoms with E-state index in [4.69, 9.17) is 0 Å². The summed E-state index contributed by atoms with van der Waals surface area (Å²) in [6, 6.07) is 2.01. The van der Waals surface area contributed by atoms with Gasteiger partial charge in [0, 0.05) is 24.2 Å². The van der Waals surface area contributed by atoms with Crippen LogP contribution in [0, 0.1) is 0 Å². The standard InChI is InChI=1S/C15H30N4O/c1-16-11-3-7-13(8-4-11)18-15(20)19-14-9-5-12(17-2)6-10-14/h11-14,16-17H,3-10H2,1-2H3,(H2,18,19,20)/t11-,12?,13-,14?. The Hall–Kier alpha value is -0.810. The molecule has 4 N–H and O–H groups in total. The van der Waals surface area contributed by atoms with Gasteiger partial charge >= 0.3 is 6.03 Å². The molecular formula is C15H30N4O. The summed E-state index contributed by atoms with van der Waals surface area (Å²) in [5.41, 5.74) is 0. The van der Waals surface area contributed by atoms with Crippen LogP contribution >= 0.6 is 0 Å². The molecule has 2 fully saturated rings. The summed E-state index contributed by atoms with van der Waals surface area (Å²) in [6.07, 6.45) is 9.00. The summed E-state index contributed by atoms with van der Waals surface area (Å²) in [4.78, 5) is 12.0. The number of nitrogens with one attached hydrogen (secondary N) is 4. The predicted octanol–water partition coefficient (Wildman–Crippen LogP) is 1.35. The Morgan fingerprint density at radius 1 is 0.650 bits per heavy atom. The summed E-state index contributed by atoms with van der Waals surface area (Å²) in [5, 5.41) is 12.9. The Morgan fingerprint density at radius 2 is 0.950 bits per heavy atom. The molecule has 2 rings (SSSR count). The van der Waals surface area contributed by atoms with E-state index in [1.54, 1.807) is 0 Å². The lowest BCUT2D eigenvalue weighted by Gasteiger charge is -2.31. The highest BCUT2D eigenvalue weighted by molar-refractivity contribution is 5.74. The Bertz CT molecular complexity index is 266. The molecule has 5 heteroatoms. The van der Waals surface area contributed by atoms with Crippen molar-refractivity contribution in [3.8, 4) is 0 Å². The number of hydrogen-bond donors (Lipinski definition) is 4. The Balaban J connectivity index is 1.63. The van der Waals surface area contributed by atoms with Gasteiger partial charge < -0.3 is 21.3 Å². The van der Waals surface area contributed by atoms with Gasteiger partial charge in [-0.2, -0.15) is 0 Å². The van der Waals surface area contributed by atoms with Gasteiger partial charge in [-0.15, -0.1) is 0 Å². The second-order valence-electron chi connectivity index (χ2n) is 6.29. The number of rotatable bonds is 4. The Morgan fingerprint density at radius 3 is 1.25 bits per heavy atom. The minimum atomic E-state index is 0.0332. The zero-order valence-electron chi connectivity index (χ0n) is 12.9. The molecule has 2 aliphatic carbocycles. The molecule has 2 amide bonds. The van der Waals surface area contributed by atoms with Gasteiger partial charge in [-0.25, -0.2) is 4.79 Å². The van der Waals surface area contributed by atoms with Crippen LogP contribution in [-0.4, -0.2) is 44.3 Å². The molecular weight excluding hydrogens is 252 g/mol. The third kappa shape index (κ3) is 4.63. The Kier molecular flexibility index (Phi) is 6.10. The number of urea groups is 1. The van der Waals surface area contributed by atoms with Crippen LogP contribution in [0.15, 0.2) is 0 Å². The smallest absolute Gasteiger partial charge is 0.315 e. The van der Waals surface area contributed by atoms with E-state index >= 15 is 0 Å². The molecule has 0 unspecified atom stereocenters. The van der Waals surface area contributed by atoms with Gasteiger partial charge in [0.05, 0.1) is 0 Å². The van der Waals surface area contributed by atoms with E-state index in [2.05, 4.69) is 21.3 Å². The molecule has 5 nitrogen and oxygen atoms in total. The third-order valence-electron chi connectivity index (χ3n) is 4.94. The molecule has 116 valence electrons. The van der Waals surface area contributed by atoms with Crippen LogP contribution in [0.3, 0.4) is 0 Å². The highest BCUT2D eigenvalue weighted by Gasteiger charge is 2.24. The summed E-state index contributed by atoms with van der Waals surface area (Å²) < 4.78 is 0. The van der Waals surface area contributed by atoms with E-state index in [-0.39, 0.29) is 6.03 Å². The number of hydrogen-bond acceptors (Lipinski definition) is 3. The van der Waals surface area contributed by atoms with Crippen LogP contribution in [0.4, 0.5) is 4.79 Å². The molecule has 0 heterocycles. The molecule has 2 saturated carbocycles. The topological polar surface area (TPSA) is 65.2 Å². The molecule has 0 bridgehead atoms. The lowest BCUT2D eigenvalue weighted by Crippen LogP contribution is -2.49. The summed E-state index contributed by atoms with van der Waals surface area (Å²) in [7, 11) is 4.04. The zero-order chi connectivity index (χ0) is 14.4. The third-order valence-corrected chi connectivity index (χ3v) is 4.94. The highest BCUT2D eigenvalue weighted by atomic mass is 16.2. The second kappa shape index (κ2) is 7.84. The van der Waals surface area contributed by atoms with Crippen LogP contribution < -0.4 is 21.3 Å². The summed E-state index contributed by atoms with van der Waals surface area (Å²) >= 11 is 0. The van der Waals surface area contributed by atoms with E-state index in [0.29, 0.717) is 24.2 Å². The molecule has 0 spiro atoms. The minimum Gasteiger partial charge on any atom is -0.335 e. The Labute approximate surface area is 122 Å². The number of amides is 2. The molecule has 0 radical (unpaired) electrons. The fourth-order valence-electron chi connectivity index (χ4n) is 3.47. The van der Waals surface area contributed by atoms with Crippen LogP contribution in [0.2, 0.25) is 0 Å². The van der Waals surface area contributed by atoms with E-state index in [1.165, 1.54) is 0 Å². The monoisotopic (exact) mass is 282 g/mol. The van der Waals surface area contributed by atoms with Gasteiger partial charge in [0.25, 0.3) is 0 Å². The summed E-state index contributed by atoms with van der Waals surface area (Å²) in [6.45, 7) is 0. The average Bonchev–Trinajstić information content (AvgIpc) is 2.49. The zero-order valence-corrected chi connectivity index (χ0v) is 12.9. The minimum absolute atomic E-state index is 0.0332. The maximum atomic E-state index is 12.0. The van der Waals surface area contributed by atoms with Gasteiger partial charge in [-0.1, -0.05) is 0 Å². The molecule has 20 heavy (non-hydrogen) atoms. The SMILES string of the molecule is CNC1CCC(NC(=O)N[C@H]2CC[C@H](NC)CC2)CC1.